The van der Waals surface area contributed by atoms with E-state index in [0.717, 1.165) is 5.69 Å². The standard InChI is InChI=1S/C19H16ClN3O2S/c1-2-12-23(14-8-4-3-5-9-14)17(24)13-26-19-22-21-18(25-19)15-10-6-7-11-16(15)20/h2-11H,1,12-13H2. The Labute approximate surface area is 160 Å². The van der Waals surface area contributed by atoms with E-state index in [9.17, 15) is 4.79 Å². The van der Waals surface area contributed by atoms with E-state index in [0.29, 0.717) is 28.2 Å². The van der Waals surface area contributed by atoms with Gasteiger partial charge in [0.25, 0.3) is 5.22 Å². The molecule has 0 unspecified atom stereocenters. The molecule has 0 saturated heterocycles. The van der Waals surface area contributed by atoms with E-state index in [1.165, 1.54) is 11.8 Å². The van der Waals surface area contributed by atoms with E-state index in [1.54, 1.807) is 23.1 Å². The lowest BCUT2D eigenvalue weighted by molar-refractivity contribution is -0.116. The number of nitrogens with zero attached hydrogens (tertiary/aromatic N) is 3. The SMILES string of the molecule is C=CCN(C(=O)CSc1nnc(-c2ccccc2Cl)o1)c1ccccc1. The van der Waals surface area contributed by atoms with E-state index in [2.05, 4.69) is 16.8 Å². The highest BCUT2D eigenvalue weighted by molar-refractivity contribution is 7.99. The molecule has 3 aromatic rings. The zero-order valence-electron chi connectivity index (χ0n) is 13.8. The summed E-state index contributed by atoms with van der Waals surface area (Å²) in [5.74, 6) is 0.433. The van der Waals surface area contributed by atoms with Crippen molar-refractivity contribution in [1.82, 2.24) is 10.2 Å². The van der Waals surface area contributed by atoms with Gasteiger partial charge in [-0.15, -0.1) is 16.8 Å². The van der Waals surface area contributed by atoms with Crippen LogP contribution in [0.5, 0.6) is 0 Å². The molecule has 0 saturated carbocycles. The van der Waals surface area contributed by atoms with Gasteiger partial charge < -0.3 is 9.32 Å². The summed E-state index contributed by atoms with van der Waals surface area (Å²) in [4.78, 5) is 14.2. The quantitative estimate of drug-likeness (QED) is 0.435. The van der Waals surface area contributed by atoms with Crippen molar-refractivity contribution in [3.05, 3.63) is 72.3 Å². The number of hydrogen-bond acceptors (Lipinski definition) is 5. The Balaban J connectivity index is 1.67. The molecule has 1 heterocycles. The van der Waals surface area contributed by atoms with Gasteiger partial charge in [-0.3, -0.25) is 4.79 Å². The van der Waals surface area contributed by atoms with E-state index >= 15 is 0 Å². The van der Waals surface area contributed by atoms with Crippen molar-refractivity contribution in [3.8, 4) is 11.5 Å². The fraction of sp³-hybridized carbons (Fsp3) is 0.105. The highest BCUT2D eigenvalue weighted by Crippen LogP contribution is 2.29. The zero-order valence-corrected chi connectivity index (χ0v) is 15.4. The molecule has 0 N–H and O–H groups in total. The molecule has 26 heavy (non-hydrogen) atoms. The Hall–Kier alpha value is -2.57. The van der Waals surface area contributed by atoms with Gasteiger partial charge in [-0.25, -0.2) is 0 Å². The number of para-hydroxylation sites is 1. The first-order valence-corrected chi connectivity index (χ1v) is 9.23. The minimum atomic E-state index is -0.0707. The maximum Gasteiger partial charge on any atom is 0.277 e. The number of thioether (sulfide) groups is 1. The molecule has 2 aromatic carbocycles. The largest absolute Gasteiger partial charge is 0.411 e. The lowest BCUT2D eigenvalue weighted by Crippen LogP contribution is -2.32. The van der Waals surface area contributed by atoms with Crippen LogP contribution in [0.1, 0.15) is 0 Å². The summed E-state index contributed by atoms with van der Waals surface area (Å²) in [7, 11) is 0. The summed E-state index contributed by atoms with van der Waals surface area (Å²) in [6.07, 6.45) is 1.69. The average Bonchev–Trinajstić information content (AvgIpc) is 3.14. The molecule has 0 bridgehead atoms. The smallest absolute Gasteiger partial charge is 0.277 e. The van der Waals surface area contributed by atoms with Gasteiger partial charge in [-0.2, -0.15) is 0 Å². The van der Waals surface area contributed by atoms with Gasteiger partial charge in [0.15, 0.2) is 0 Å². The Morgan fingerprint density at radius 1 is 1.15 bits per heavy atom. The number of carbonyl (C=O) groups is 1. The first-order valence-electron chi connectivity index (χ1n) is 7.86. The van der Waals surface area contributed by atoms with E-state index in [4.69, 9.17) is 16.0 Å². The molecule has 7 heteroatoms. The summed E-state index contributed by atoms with van der Waals surface area (Å²) >= 11 is 7.32. The number of hydrogen-bond donors (Lipinski definition) is 0. The number of carbonyl (C=O) groups excluding carboxylic acids is 1. The van der Waals surface area contributed by atoms with Crippen molar-refractivity contribution in [2.24, 2.45) is 0 Å². The van der Waals surface area contributed by atoms with Crippen molar-refractivity contribution in [1.29, 1.82) is 0 Å². The number of amides is 1. The molecule has 1 aromatic heterocycles. The summed E-state index contributed by atoms with van der Waals surface area (Å²) < 4.78 is 5.61. The minimum absolute atomic E-state index is 0.0707. The minimum Gasteiger partial charge on any atom is -0.411 e. The average molecular weight is 386 g/mol. The van der Waals surface area contributed by atoms with Crippen LogP contribution in [-0.2, 0) is 4.79 Å². The fourth-order valence-electron chi connectivity index (χ4n) is 2.30. The van der Waals surface area contributed by atoms with E-state index < -0.39 is 0 Å². The van der Waals surface area contributed by atoms with Crippen LogP contribution in [0.4, 0.5) is 5.69 Å². The lowest BCUT2D eigenvalue weighted by Gasteiger charge is -2.20. The van der Waals surface area contributed by atoms with Gasteiger partial charge in [0.05, 0.1) is 16.3 Å². The van der Waals surface area contributed by atoms with Crippen LogP contribution in [0.3, 0.4) is 0 Å². The maximum absolute atomic E-state index is 12.6. The lowest BCUT2D eigenvalue weighted by atomic mass is 10.2. The predicted octanol–water partition coefficient (Wildman–Crippen LogP) is 4.70. The van der Waals surface area contributed by atoms with Gasteiger partial charge in [0, 0.05) is 12.2 Å². The van der Waals surface area contributed by atoms with Crippen molar-refractivity contribution >= 4 is 35.0 Å². The summed E-state index contributed by atoms with van der Waals surface area (Å²) in [5, 5.41) is 8.83. The molecule has 0 radical (unpaired) electrons. The molecule has 0 spiro atoms. The molecule has 5 nitrogen and oxygen atoms in total. The van der Waals surface area contributed by atoms with Crippen LogP contribution >= 0.6 is 23.4 Å². The first kappa shape index (κ1) is 18.2. The van der Waals surface area contributed by atoms with Gasteiger partial charge in [-0.1, -0.05) is 59.8 Å². The van der Waals surface area contributed by atoms with E-state index in [1.807, 2.05) is 42.5 Å². The van der Waals surface area contributed by atoms with Gasteiger partial charge in [-0.05, 0) is 24.3 Å². The first-order chi connectivity index (χ1) is 12.7. The third-order valence-corrected chi connectivity index (χ3v) is 4.64. The molecule has 0 atom stereocenters. The van der Waals surface area contributed by atoms with Crippen LogP contribution in [0.15, 0.2) is 76.9 Å². The molecule has 0 aliphatic heterocycles. The predicted molar refractivity (Wildman–Crippen MR) is 104 cm³/mol. The molecule has 0 fully saturated rings. The highest BCUT2D eigenvalue weighted by atomic mass is 35.5. The second-order valence-electron chi connectivity index (χ2n) is 5.27. The van der Waals surface area contributed by atoms with Crippen molar-refractivity contribution in [3.63, 3.8) is 0 Å². The Morgan fingerprint density at radius 3 is 2.62 bits per heavy atom. The van der Waals surface area contributed by atoms with Gasteiger partial charge in [0.1, 0.15) is 0 Å². The third kappa shape index (κ3) is 4.33. The molecular weight excluding hydrogens is 370 g/mol. The Bertz CT molecular complexity index is 899. The monoisotopic (exact) mass is 385 g/mol. The summed E-state index contributed by atoms with van der Waals surface area (Å²) in [6, 6.07) is 16.7. The van der Waals surface area contributed by atoms with Gasteiger partial charge in [0.2, 0.25) is 11.8 Å². The number of rotatable bonds is 7. The Kier molecular flexibility index (Phi) is 6.09. The number of benzene rings is 2. The van der Waals surface area contributed by atoms with Crippen LogP contribution in [-0.4, -0.2) is 28.4 Å². The molecule has 0 aliphatic rings. The van der Waals surface area contributed by atoms with Crippen LogP contribution in [0.2, 0.25) is 5.02 Å². The van der Waals surface area contributed by atoms with Crippen molar-refractivity contribution in [2.75, 3.05) is 17.2 Å². The van der Waals surface area contributed by atoms with E-state index in [-0.39, 0.29) is 11.7 Å². The zero-order chi connectivity index (χ0) is 18.4. The second-order valence-corrected chi connectivity index (χ2v) is 6.60. The fourth-order valence-corrected chi connectivity index (χ4v) is 3.16. The van der Waals surface area contributed by atoms with Gasteiger partial charge >= 0.3 is 0 Å². The molecular formula is C19H16ClN3O2S. The molecule has 3 rings (SSSR count). The number of aromatic nitrogens is 2. The summed E-state index contributed by atoms with van der Waals surface area (Å²) in [6.45, 7) is 4.15. The molecule has 0 aliphatic carbocycles. The molecule has 132 valence electrons. The normalized spacial score (nSPS) is 10.5. The Morgan fingerprint density at radius 2 is 1.88 bits per heavy atom. The number of halogens is 1. The van der Waals surface area contributed by atoms with Crippen LogP contribution in [0.25, 0.3) is 11.5 Å². The van der Waals surface area contributed by atoms with Crippen LogP contribution < -0.4 is 4.90 Å². The summed E-state index contributed by atoms with van der Waals surface area (Å²) in [5.41, 5.74) is 1.48. The van der Waals surface area contributed by atoms with Crippen molar-refractivity contribution in [2.45, 2.75) is 5.22 Å². The number of anilines is 1. The highest BCUT2D eigenvalue weighted by Gasteiger charge is 2.17. The topological polar surface area (TPSA) is 59.2 Å². The second kappa shape index (κ2) is 8.69. The maximum atomic E-state index is 12.6. The third-order valence-electron chi connectivity index (χ3n) is 3.51. The van der Waals surface area contributed by atoms with Crippen molar-refractivity contribution < 1.29 is 9.21 Å². The van der Waals surface area contributed by atoms with Crippen LogP contribution in [0, 0.1) is 0 Å². The molecule has 1 amide bonds.